The Morgan fingerprint density at radius 2 is 1.89 bits per heavy atom. The highest BCUT2D eigenvalue weighted by molar-refractivity contribution is 8.14. The summed E-state index contributed by atoms with van der Waals surface area (Å²) >= 11 is 0. The standard InChI is InChI=1S/C16H23ClN4O6S/c1-16(2,3)27-15(23)20-6-4-10(5-7-20)13-18-19-14(26-13)21-9-11(8-12(21)22)28(17,24)25/h10-11H,4-9H2,1-3H3. The number of halogens is 1. The molecule has 2 saturated heterocycles. The number of rotatable bonds is 3. The van der Waals surface area contributed by atoms with E-state index in [-0.39, 0.29) is 31.0 Å². The molecule has 0 radical (unpaired) electrons. The normalized spacial score (nSPS) is 22.0. The second kappa shape index (κ2) is 7.51. The molecular formula is C16H23ClN4O6S. The molecule has 12 heteroatoms. The number of aromatic nitrogens is 2. The molecule has 3 heterocycles. The molecule has 0 N–H and O–H groups in total. The lowest BCUT2D eigenvalue weighted by Gasteiger charge is -2.32. The second-order valence-corrected chi connectivity index (χ2v) is 10.9. The van der Waals surface area contributed by atoms with Crippen molar-refractivity contribution in [2.24, 2.45) is 0 Å². The molecule has 1 aromatic heterocycles. The Hall–Kier alpha value is -1.88. The summed E-state index contributed by atoms with van der Waals surface area (Å²) in [4.78, 5) is 27.0. The number of hydrogen-bond acceptors (Lipinski definition) is 8. The van der Waals surface area contributed by atoms with Gasteiger partial charge in [0, 0.05) is 42.7 Å². The van der Waals surface area contributed by atoms with Crippen LogP contribution in [0.3, 0.4) is 0 Å². The molecule has 1 aromatic rings. The van der Waals surface area contributed by atoms with Crippen molar-refractivity contribution in [3.05, 3.63) is 5.89 Å². The zero-order valence-electron chi connectivity index (χ0n) is 15.9. The first-order valence-electron chi connectivity index (χ1n) is 8.99. The van der Waals surface area contributed by atoms with Gasteiger partial charge in [0.05, 0.1) is 0 Å². The van der Waals surface area contributed by atoms with Crippen LogP contribution in [-0.2, 0) is 18.6 Å². The van der Waals surface area contributed by atoms with Crippen molar-refractivity contribution in [3.63, 3.8) is 0 Å². The predicted octanol–water partition coefficient (Wildman–Crippen LogP) is 1.86. The summed E-state index contributed by atoms with van der Waals surface area (Å²) in [6, 6.07) is -0.0302. The lowest BCUT2D eigenvalue weighted by atomic mass is 9.97. The Bertz CT molecular complexity index is 857. The van der Waals surface area contributed by atoms with Crippen LogP contribution in [-0.4, -0.2) is 66.0 Å². The van der Waals surface area contributed by atoms with Crippen LogP contribution in [0.4, 0.5) is 10.8 Å². The summed E-state index contributed by atoms with van der Waals surface area (Å²) in [7, 11) is 1.50. The minimum Gasteiger partial charge on any atom is -0.444 e. The third kappa shape index (κ3) is 4.75. The summed E-state index contributed by atoms with van der Waals surface area (Å²) < 4.78 is 33.9. The van der Waals surface area contributed by atoms with E-state index >= 15 is 0 Å². The number of piperidine rings is 1. The molecule has 2 aliphatic heterocycles. The van der Waals surface area contributed by atoms with Crippen molar-refractivity contribution < 1.29 is 27.2 Å². The first-order chi connectivity index (χ1) is 12.9. The van der Waals surface area contributed by atoms with Crippen molar-refractivity contribution in [2.75, 3.05) is 24.5 Å². The van der Waals surface area contributed by atoms with E-state index in [2.05, 4.69) is 10.2 Å². The Labute approximate surface area is 167 Å². The molecule has 1 unspecified atom stereocenters. The smallest absolute Gasteiger partial charge is 0.410 e. The van der Waals surface area contributed by atoms with Gasteiger partial charge in [-0.2, -0.15) is 0 Å². The van der Waals surface area contributed by atoms with Crippen LogP contribution in [0.25, 0.3) is 0 Å². The monoisotopic (exact) mass is 434 g/mol. The van der Waals surface area contributed by atoms with Crippen LogP contribution < -0.4 is 4.90 Å². The first kappa shape index (κ1) is 20.8. The van der Waals surface area contributed by atoms with Gasteiger partial charge >= 0.3 is 12.1 Å². The zero-order chi connectivity index (χ0) is 20.7. The Kier molecular flexibility index (Phi) is 5.59. The molecule has 2 aliphatic rings. The third-order valence-electron chi connectivity index (χ3n) is 4.64. The predicted molar refractivity (Wildman–Crippen MR) is 99.6 cm³/mol. The molecule has 156 valence electrons. The van der Waals surface area contributed by atoms with Crippen molar-refractivity contribution in [1.82, 2.24) is 15.1 Å². The zero-order valence-corrected chi connectivity index (χ0v) is 17.5. The molecule has 0 aromatic carbocycles. The van der Waals surface area contributed by atoms with Crippen molar-refractivity contribution >= 4 is 37.7 Å². The molecule has 0 bridgehead atoms. The number of carbonyl (C=O) groups is 2. The van der Waals surface area contributed by atoms with Gasteiger partial charge in [0.1, 0.15) is 10.9 Å². The van der Waals surface area contributed by atoms with Gasteiger partial charge < -0.3 is 14.1 Å². The van der Waals surface area contributed by atoms with E-state index < -0.39 is 25.8 Å². The van der Waals surface area contributed by atoms with Gasteiger partial charge in [-0.05, 0) is 33.6 Å². The number of hydrogen-bond donors (Lipinski definition) is 0. The molecule has 28 heavy (non-hydrogen) atoms. The van der Waals surface area contributed by atoms with Crippen LogP contribution in [0.1, 0.15) is 51.8 Å². The molecule has 0 spiro atoms. The topological polar surface area (TPSA) is 123 Å². The van der Waals surface area contributed by atoms with Gasteiger partial charge in [-0.15, -0.1) is 5.10 Å². The number of anilines is 1. The van der Waals surface area contributed by atoms with Crippen LogP contribution in [0.5, 0.6) is 0 Å². The fourth-order valence-corrected chi connectivity index (χ4v) is 4.21. The number of ether oxygens (including phenoxy) is 1. The van der Waals surface area contributed by atoms with E-state index in [9.17, 15) is 18.0 Å². The Morgan fingerprint density at radius 1 is 1.25 bits per heavy atom. The van der Waals surface area contributed by atoms with E-state index in [0.717, 1.165) is 4.90 Å². The largest absolute Gasteiger partial charge is 0.444 e. The highest BCUT2D eigenvalue weighted by atomic mass is 35.7. The van der Waals surface area contributed by atoms with Crippen molar-refractivity contribution in [2.45, 2.75) is 56.8 Å². The number of nitrogens with zero attached hydrogens (tertiary/aromatic N) is 4. The van der Waals surface area contributed by atoms with Crippen LogP contribution in [0.15, 0.2) is 4.42 Å². The SMILES string of the molecule is CC(C)(C)OC(=O)N1CCC(c2nnc(N3CC(S(=O)(=O)Cl)CC3=O)o2)CC1. The summed E-state index contributed by atoms with van der Waals surface area (Å²) in [6.45, 7) is 6.33. The number of likely N-dealkylation sites (tertiary alicyclic amines) is 1. The van der Waals surface area contributed by atoms with Gasteiger partial charge in [0.15, 0.2) is 0 Å². The van der Waals surface area contributed by atoms with Crippen molar-refractivity contribution in [1.29, 1.82) is 0 Å². The van der Waals surface area contributed by atoms with Gasteiger partial charge in [-0.25, -0.2) is 13.2 Å². The molecule has 2 amide bonds. The van der Waals surface area contributed by atoms with Gasteiger partial charge in [0.25, 0.3) is 0 Å². The Morgan fingerprint density at radius 3 is 2.43 bits per heavy atom. The van der Waals surface area contributed by atoms with E-state index in [0.29, 0.717) is 31.8 Å². The van der Waals surface area contributed by atoms with Crippen LogP contribution in [0, 0.1) is 0 Å². The van der Waals surface area contributed by atoms with Gasteiger partial charge in [-0.1, -0.05) is 5.10 Å². The van der Waals surface area contributed by atoms with Crippen LogP contribution in [0.2, 0.25) is 0 Å². The summed E-state index contributed by atoms with van der Waals surface area (Å²) in [6.07, 6.45) is 0.673. The molecule has 0 saturated carbocycles. The fraction of sp³-hybridized carbons (Fsp3) is 0.750. The minimum absolute atomic E-state index is 0.0302. The number of carbonyl (C=O) groups excluding carboxylic acids is 2. The minimum atomic E-state index is -3.85. The highest BCUT2D eigenvalue weighted by Gasteiger charge is 2.40. The average molecular weight is 435 g/mol. The first-order valence-corrected chi connectivity index (χ1v) is 11.4. The van der Waals surface area contributed by atoms with Gasteiger partial charge in [0.2, 0.25) is 20.8 Å². The van der Waals surface area contributed by atoms with E-state index in [4.69, 9.17) is 19.8 Å². The summed E-state index contributed by atoms with van der Waals surface area (Å²) in [5.74, 6) is -0.113. The quantitative estimate of drug-likeness (QED) is 0.660. The highest BCUT2D eigenvalue weighted by Crippen LogP contribution is 2.31. The maximum Gasteiger partial charge on any atom is 0.410 e. The third-order valence-corrected chi connectivity index (χ3v) is 6.51. The van der Waals surface area contributed by atoms with E-state index in [1.807, 2.05) is 20.8 Å². The summed E-state index contributed by atoms with van der Waals surface area (Å²) in [5, 5.41) is 6.90. The molecule has 3 rings (SSSR count). The molecule has 10 nitrogen and oxygen atoms in total. The maximum absolute atomic E-state index is 12.1. The maximum atomic E-state index is 12.1. The second-order valence-electron chi connectivity index (χ2n) is 7.97. The molecule has 1 atom stereocenters. The van der Waals surface area contributed by atoms with Crippen LogP contribution >= 0.6 is 10.7 Å². The molecule has 0 aliphatic carbocycles. The summed E-state index contributed by atoms with van der Waals surface area (Å²) in [5.41, 5.74) is -0.550. The lowest BCUT2D eigenvalue weighted by Crippen LogP contribution is -2.41. The average Bonchev–Trinajstić information content (AvgIpc) is 3.19. The lowest BCUT2D eigenvalue weighted by molar-refractivity contribution is -0.117. The fourth-order valence-electron chi connectivity index (χ4n) is 3.18. The number of amides is 2. The molecule has 2 fully saturated rings. The van der Waals surface area contributed by atoms with E-state index in [1.54, 1.807) is 4.90 Å². The van der Waals surface area contributed by atoms with Gasteiger partial charge in [-0.3, -0.25) is 9.69 Å². The van der Waals surface area contributed by atoms with Crippen molar-refractivity contribution in [3.8, 4) is 0 Å². The van der Waals surface area contributed by atoms with E-state index in [1.165, 1.54) is 0 Å². The Balaban J connectivity index is 1.60. The molecular weight excluding hydrogens is 412 g/mol.